The van der Waals surface area contributed by atoms with E-state index in [4.69, 9.17) is 9.47 Å². The minimum absolute atomic E-state index is 0.00933. The van der Waals surface area contributed by atoms with E-state index >= 15 is 0 Å². The standard InChI is InChI=1S/C29H27F6NO3/c1-28(2,37)5-6-38-18-3-4-19(22(11-18)27(31)32)21-9-17(25(30)12-24(21)29(33,34)35)14-39-26-10-16-7-15-8-20(15)23(16)13-36-26/h3-4,9-13,15,20,27,37H,5-8,14H2,1-2H3/t15?,20-/m1/s1. The summed E-state index contributed by atoms with van der Waals surface area (Å²) >= 11 is 0. The van der Waals surface area contributed by atoms with Gasteiger partial charge in [-0.05, 0) is 85.0 Å². The molecule has 0 aliphatic heterocycles. The number of fused-ring (bicyclic) bond motifs is 3. The van der Waals surface area contributed by atoms with E-state index in [-0.39, 0.29) is 30.2 Å². The number of ether oxygens (including phenoxy) is 2. The third kappa shape index (κ3) is 6.00. The van der Waals surface area contributed by atoms with Crippen LogP contribution in [0, 0.1) is 11.7 Å². The fourth-order valence-electron chi connectivity index (χ4n) is 5.02. The van der Waals surface area contributed by atoms with Crippen molar-refractivity contribution in [1.29, 1.82) is 0 Å². The molecule has 5 rings (SSSR count). The summed E-state index contributed by atoms with van der Waals surface area (Å²) in [5, 5.41) is 9.80. The van der Waals surface area contributed by atoms with Gasteiger partial charge in [-0.25, -0.2) is 18.2 Å². The molecule has 39 heavy (non-hydrogen) atoms. The van der Waals surface area contributed by atoms with E-state index < -0.39 is 52.9 Å². The van der Waals surface area contributed by atoms with E-state index in [1.165, 1.54) is 11.6 Å². The van der Waals surface area contributed by atoms with E-state index in [2.05, 4.69) is 4.98 Å². The summed E-state index contributed by atoms with van der Waals surface area (Å²) < 4.78 is 95.7. The van der Waals surface area contributed by atoms with E-state index in [0.29, 0.717) is 17.9 Å². The van der Waals surface area contributed by atoms with Crippen molar-refractivity contribution in [3.63, 3.8) is 0 Å². The molecule has 0 spiro atoms. The predicted octanol–water partition coefficient (Wildman–Crippen LogP) is 7.62. The SMILES string of the molecule is CC(C)(O)CCOc1ccc(-c2cc(COc3cc4c(cn3)[C@@H]3CC3C4)c(F)cc2C(F)(F)F)c(C(F)F)c1. The summed E-state index contributed by atoms with van der Waals surface area (Å²) in [5.74, 6) is 0.210. The zero-order valence-corrected chi connectivity index (χ0v) is 21.3. The summed E-state index contributed by atoms with van der Waals surface area (Å²) in [4.78, 5) is 4.24. The third-order valence-electron chi connectivity index (χ3n) is 7.20. The van der Waals surface area contributed by atoms with Crippen LogP contribution in [0.25, 0.3) is 11.1 Å². The number of hydrogen-bond acceptors (Lipinski definition) is 4. The van der Waals surface area contributed by atoms with Gasteiger partial charge < -0.3 is 14.6 Å². The van der Waals surface area contributed by atoms with Gasteiger partial charge in [0.25, 0.3) is 6.43 Å². The lowest BCUT2D eigenvalue weighted by Gasteiger charge is -2.20. The monoisotopic (exact) mass is 551 g/mol. The number of aromatic nitrogens is 1. The normalized spacial score (nSPS) is 18.2. The summed E-state index contributed by atoms with van der Waals surface area (Å²) in [6.45, 7) is 2.69. The predicted molar refractivity (Wildman–Crippen MR) is 131 cm³/mol. The van der Waals surface area contributed by atoms with Crippen molar-refractivity contribution in [2.45, 2.75) is 63.8 Å². The first-order valence-electron chi connectivity index (χ1n) is 12.6. The van der Waals surface area contributed by atoms with Gasteiger partial charge in [0.15, 0.2) is 0 Å². The van der Waals surface area contributed by atoms with Crippen LogP contribution in [0.2, 0.25) is 0 Å². The topological polar surface area (TPSA) is 51.6 Å². The quantitative estimate of drug-likeness (QED) is 0.278. The maximum absolute atomic E-state index is 14.8. The third-order valence-corrected chi connectivity index (χ3v) is 7.20. The summed E-state index contributed by atoms with van der Waals surface area (Å²) in [6.07, 6.45) is -4.16. The van der Waals surface area contributed by atoms with Crippen LogP contribution >= 0.6 is 0 Å². The number of benzene rings is 2. The Morgan fingerprint density at radius 1 is 1.05 bits per heavy atom. The van der Waals surface area contributed by atoms with E-state index in [1.54, 1.807) is 26.1 Å². The minimum atomic E-state index is -5.00. The van der Waals surface area contributed by atoms with Crippen molar-refractivity contribution in [3.8, 4) is 22.8 Å². The molecule has 0 bridgehead atoms. The van der Waals surface area contributed by atoms with Crippen molar-refractivity contribution in [2.24, 2.45) is 5.92 Å². The zero-order chi connectivity index (χ0) is 28.1. The first-order chi connectivity index (χ1) is 18.3. The zero-order valence-electron chi connectivity index (χ0n) is 21.3. The van der Waals surface area contributed by atoms with Gasteiger partial charge in [0.05, 0.1) is 17.8 Å². The van der Waals surface area contributed by atoms with Crippen molar-refractivity contribution in [1.82, 2.24) is 4.98 Å². The molecule has 10 heteroatoms. The summed E-state index contributed by atoms with van der Waals surface area (Å²) in [5.41, 5.74) is -2.08. The Labute approximate surface area is 221 Å². The number of rotatable bonds is 9. The van der Waals surface area contributed by atoms with Gasteiger partial charge in [-0.2, -0.15) is 13.2 Å². The fourth-order valence-corrected chi connectivity index (χ4v) is 5.02. The highest BCUT2D eigenvalue weighted by Gasteiger charge is 2.45. The van der Waals surface area contributed by atoms with E-state index in [1.807, 2.05) is 0 Å². The maximum atomic E-state index is 14.8. The molecule has 0 saturated heterocycles. The van der Waals surface area contributed by atoms with Gasteiger partial charge in [0.2, 0.25) is 5.88 Å². The van der Waals surface area contributed by atoms with E-state index in [9.17, 15) is 31.4 Å². The second kappa shape index (κ2) is 10.0. The molecular formula is C29H27F6NO3. The average Bonchev–Trinajstić information content (AvgIpc) is 3.52. The molecule has 1 heterocycles. The molecule has 2 aliphatic carbocycles. The van der Waals surface area contributed by atoms with Crippen molar-refractivity contribution >= 4 is 0 Å². The van der Waals surface area contributed by atoms with Crippen LogP contribution in [0.4, 0.5) is 26.3 Å². The first kappa shape index (κ1) is 27.3. The Morgan fingerprint density at radius 3 is 2.51 bits per heavy atom. The molecular weight excluding hydrogens is 524 g/mol. The highest BCUT2D eigenvalue weighted by Crippen LogP contribution is 2.56. The van der Waals surface area contributed by atoms with Crippen LogP contribution in [-0.2, 0) is 19.2 Å². The Balaban J connectivity index is 1.45. The van der Waals surface area contributed by atoms with Crippen LogP contribution < -0.4 is 9.47 Å². The van der Waals surface area contributed by atoms with Crippen LogP contribution in [0.5, 0.6) is 11.6 Å². The lowest BCUT2D eigenvalue weighted by atomic mass is 9.93. The largest absolute Gasteiger partial charge is 0.493 e. The number of alkyl halides is 5. The molecule has 2 aliphatic rings. The van der Waals surface area contributed by atoms with Crippen molar-refractivity contribution < 1.29 is 40.9 Å². The van der Waals surface area contributed by atoms with Crippen LogP contribution in [0.3, 0.4) is 0 Å². The number of halogens is 6. The molecule has 2 aromatic carbocycles. The van der Waals surface area contributed by atoms with Gasteiger partial charge in [-0.15, -0.1) is 0 Å². The molecule has 1 N–H and O–H groups in total. The molecule has 208 valence electrons. The first-order valence-corrected chi connectivity index (χ1v) is 12.6. The molecule has 1 aromatic heterocycles. The van der Waals surface area contributed by atoms with Gasteiger partial charge in [0, 0.05) is 29.8 Å². The molecule has 1 fully saturated rings. The van der Waals surface area contributed by atoms with Gasteiger partial charge >= 0.3 is 6.18 Å². The van der Waals surface area contributed by atoms with Crippen LogP contribution in [0.1, 0.15) is 66.8 Å². The molecule has 0 amide bonds. The Kier molecular flexibility index (Phi) is 7.03. The smallest absolute Gasteiger partial charge is 0.417 e. The van der Waals surface area contributed by atoms with Crippen molar-refractivity contribution in [2.75, 3.05) is 6.61 Å². The Bertz CT molecular complexity index is 1380. The fraction of sp³-hybridized carbons (Fsp3) is 0.414. The van der Waals surface area contributed by atoms with Crippen LogP contribution in [0.15, 0.2) is 42.6 Å². The second-order valence-electron chi connectivity index (χ2n) is 10.8. The van der Waals surface area contributed by atoms with Crippen molar-refractivity contribution in [3.05, 3.63) is 76.2 Å². The number of nitrogens with zero attached hydrogens (tertiary/aromatic N) is 1. The number of pyridine rings is 1. The molecule has 4 nitrogen and oxygen atoms in total. The Hall–Kier alpha value is -3.27. The summed E-state index contributed by atoms with van der Waals surface area (Å²) in [7, 11) is 0. The summed E-state index contributed by atoms with van der Waals surface area (Å²) in [6, 6.07) is 6.29. The lowest BCUT2D eigenvalue weighted by molar-refractivity contribution is -0.137. The molecule has 3 aromatic rings. The minimum Gasteiger partial charge on any atom is -0.493 e. The Morgan fingerprint density at radius 2 is 1.82 bits per heavy atom. The second-order valence-corrected chi connectivity index (χ2v) is 10.8. The molecule has 0 radical (unpaired) electrons. The average molecular weight is 552 g/mol. The lowest BCUT2D eigenvalue weighted by Crippen LogP contribution is -2.21. The number of hydrogen-bond donors (Lipinski definition) is 1. The van der Waals surface area contributed by atoms with Gasteiger partial charge in [-0.3, -0.25) is 0 Å². The molecule has 1 saturated carbocycles. The highest BCUT2D eigenvalue weighted by atomic mass is 19.4. The van der Waals surface area contributed by atoms with E-state index in [0.717, 1.165) is 36.6 Å². The maximum Gasteiger partial charge on any atom is 0.417 e. The highest BCUT2D eigenvalue weighted by molar-refractivity contribution is 5.73. The molecule has 2 atom stereocenters. The number of aliphatic hydroxyl groups is 1. The van der Waals surface area contributed by atoms with Gasteiger partial charge in [0.1, 0.15) is 18.2 Å². The molecule has 1 unspecified atom stereocenters. The van der Waals surface area contributed by atoms with Gasteiger partial charge in [-0.1, -0.05) is 6.07 Å². The van der Waals surface area contributed by atoms with Crippen LogP contribution in [-0.4, -0.2) is 22.3 Å².